The van der Waals surface area contributed by atoms with E-state index in [1.54, 1.807) is 0 Å². The van der Waals surface area contributed by atoms with E-state index in [-0.39, 0.29) is 12.5 Å². The SMILES string of the molecule is CC(C)NCCC(=O)N1CCC(CO)CC1. The number of nitrogens with one attached hydrogen (secondary N) is 1. The van der Waals surface area contributed by atoms with Crippen LogP contribution in [0, 0.1) is 5.92 Å². The average Bonchev–Trinajstić information content (AvgIpc) is 2.28. The van der Waals surface area contributed by atoms with Crippen LogP contribution in [-0.2, 0) is 4.79 Å². The molecule has 1 amide bonds. The summed E-state index contributed by atoms with van der Waals surface area (Å²) in [4.78, 5) is 13.7. The minimum Gasteiger partial charge on any atom is -0.396 e. The van der Waals surface area contributed by atoms with Crippen LogP contribution in [0.15, 0.2) is 0 Å². The molecule has 1 saturated heterocycles. The summed E-state index contributed by atoms with van der Waals surface area (Å²) in [6, 6.07) is 0.438. The number of piperidine rings is 1. The molecule has 1 aliphatic rings. The fourth-order valence-corrected chi connectivity index (χ4v) is 1.99. The number of hydrogen-bond acceptors (Lipinski definition) is 3. The summed E-state index contributed by atoms with van der Waals surface area (Å²) in [5, 5.41) is 12.3. The zero-order valence-corrected chi connectivity index (χ0v) is 10.4. The molecule has 0 aromatic rings. The Morgan fingerprint density at radius 1 is 1.44 bits per heavy atom. The Hall–Kier alpha value is -0.610. The third-order valence-electron chi connectivity index (χ3n) is 3.12. The van der Waals surface area contributed by atoms with Crippen LogP contribution in [0.2, 0.25) is 0 Å². The van der Waals surface area contributed by atoms with Crippen LogP contribution in [0.4, 0.5) is 0 Å². The Bertz CT molecular complexity index is 211. The molecule has 4 nitrogen and oxygen atoms in total. The monoisotopic (exact) mass is 228 g/mol. The van der Waals surface area contributed by atoms with Gasteiger partial charge in [-0.3, -0.25) is 4.79 Å². The van der Waals surface area contributed by atoms with Gasteiger partial charge in [0.25, 0.3) is 0 Å². The number of rotatable bonds is 5. The van der Waals surface area contributed by atoms with Crippen LogP contribution in [0.3, 0.4) is 0 Å². The van der Waals surface area contributed by atoms with Crippen molar-refractivity contribution < 1.29 is 9.90 Å². The molecule has 0 aromatic carbocycles. The normalized spacial score (nSPS) is 18.1. The molecule has 0 aliphatic carbocycles. The maximum atomic E-state index is 11.8. The fourth-order valence-electron chi connectivity index (χ4n) is 1.99. The van der Waals surface area contributed by atoms with Crippen molar-refractivity contribution in [3.05, 3.63) is 0 Å². The molecule has 16 heavy (non-hydrogen) atoms. The predicted octanol–water partition coefficient (Wildman–Crippen LogP) is 0.605. The van der Waals surface area contributed by atoms with Crippen LogP contribution in [0.1, 0.15) is 33.1 Å². The van der Waals surface area contributed by atoms with E-state index in [0.29, 0.717) is 18.4 Å². The van der Waals surface area contributed by atoms with E-state index in [4.69, 9.17) is 5.11 Å². The smallest absolute Gasteiger partial charge is 0.223 e. The third kappa shape index (κ3) is 4.49. The van der Waals surface area contributed by atoms with Gasteiger partial charge in [0.05, 0.1) is 0 Å². The van der Waals surface area contributed by atoms with Gasteiger partial charge >= 0.3 is 0 Å². The summed E-state index contributed by atoms with van der Waals surface area (Å²) in [6.07, 6.45) is 2.47. The van der Waals surface area contributed by atoms with Gasteiger partial charge in [0.15, 0.2) is 0 Å². The van der Waals surface area contributed by atoms with Gasteiger partial charge in [0.1, 0.15) is 0 Å². The van der Waals surface area contributed by atoms with E-state index in [0.717, 1.165) is 32.5 Å². The highest BCUT2D eigenvalue weighted by Crippen LogP contribution is 2.16. The highest BCUT2D eigenvalue weighted by atomic mass is 16.3. The van der Waals surface area contributed by atoms with E-state index in [9.17, 15) is 4.79 Å². The van der Waals surface area contributed by atoms with Crippen LogP contribution in [0.25, 0.3) is 0 Å². The van der Waals surface area contributed by atoms with Crippen molar-refractivity contribution in [2.45, 2.75) is 39.2 Å². The lowest BCUT2D eigenvalue weighted by molar-refractivity contribution is -0.132. The molecular formula is C12H24N2O2. The number of hydrogen-bond donors (Lipinski definition) is 2. The summed E-state index contributed by atoms with van der Waals surface area (Å²) < 4.78 is 0. The molecule has 0 bridgehead atoms. The van der Waals surface area contributed by atoms with E-state index in [2.05, 4.69) is 19.2 Å². The topological polar surface area (TPSA) is 52.6 Å². The highest BCUT2D eigenvalue weighted by molar-refractivity contribution is 5.76. The number of likely N-dealkylation sites (tertiary alicyclic amines) is 1. The van der Waals surface area contributed by atoms with Crippen molar-refractivity contribution in [1.82, 2.24) is 10.2 Å². The second-order valence-corrected chi connectivity index (χ2v) is 4.87. The molecule has 94 valence electrons. The summed E-state index contributed by atoms with van der Waals surface area (Å²) in [5.74, 6) is 0.641. The van der Waals surface area contributed by atoms with Crippen molar-refractivity contribution in [1.29, 1.82) is 0 Å². The number of carbonyl (C=O) groups excluding carboxylic acids is 1. The molecule has 4 heteroatoms. The molecule has 0 atom stereocenters. The molecule has 1 aliphatic heterocycles. The highest BCUT2D eigenvalue weighted by Gasteiger charge is 2.21. The van der Waals surface area contributed by atoms with Crippen LogP contribution in [-0.4, -0.2) is 48.2 Å². The zero-order chi connectivity index (χ0) is 12.0. The number of nitrogens with zero attached hydrogens (tertiary/aromatic N) is 1. The van der Waals surface area contributed by atoms with Crippen molar-refractivity contribution in [2.75, 3.05) is 26.2 Å². The van der Waals surface area contributed by atoms with Gasteiger partial charge in [-0.05, 0) is 18.8 Å². The second-order valence-electron chi connectivity index (χ2n) is 4.87. The molecule has 1 heterocycles. The Kier molecular flexibility index (Phi) is 5.77. The quantitative estimate of drug-likeness (QED) is 0.725. The first kappa shape index (κ1) is 13.5. The Labute approximate surface area is 98.0 Å². The molecule has 1 fully saturated rings. The van der Waals surface area contributed by atoms with Gasteiger partial charge in [0, 0.05) is 38.7 Å². The van der Waals surface area contributed by atoms with E-state index in [1.807, 2.05) is 4.90 Å². The van der Waals surface area contributed by atoms with Crippen LogP contribution in [0.5, 0.6) is 0 Å². The van der Waals surface area contributed by atoms with E-state index in [1.165, 1.54) is 0 Å². The van der Waals surface area contributed by atoms with E-state index >= 15 is 0 Å². The molecule has 0 saturated carbocycles. The fraction of sp³-hybridized carbons (Fsp3) is 0.917. The Morgan fingerprint density at radius 3 is 2.56 bits per heavy atom. The maximum absolute atomic E-state index is 11.8. The number of carbonyl (C=O) groups is 1. The summed E-state index contributed by atoms with van der Waals surface area (Å²) >= 11 is 0. The molecule has 0 aromatic heterocycles. The molecule has 2 N–H and O–H groups in total. The first-order valence-electron chi connectivity index (χ1n) is 6.25. The zero-order valence-electron chi connectivity index (χ0n) is 10.4. The van der Waals surface area contributed by atoms with Gasteiger partial charge in [-0.25, -0.2) is 0 Å². The predicted molar refractivity (Wildman–Crippen MR) is 64.1 cm³/mol. The summed E-state index contributed by atoms with van der Waals surface area (Å²) in [5.41, 5.74) is 0. The van der Waals surface area contributed by atoms with Crippen LogP contribution >= 0.6 is 0 Å². The average molecular weight is 228 g/mol. The molecule has 0 unspecified atom stereocenters. The maximum Gasteiger partial charge on any atom is 0.223 e. The largest absolute Gasteiger partial charge is 0.396 e. The minimum absolute atomic E-state index is 0.240. The van der Waals surface area contributed by atoms with Crippen LogP contribution < -0.4 is 5.32 Å². The van der Waals surface area contributed by atoms with Crippen molar-refractivity contribution in [2.24, 2.45) is 5.92 Å². The Balaban J connectivity index is 2.18. The summed E-state index contributed by atoms with van der Waals surface area (Å²) in [7, 11) is 0. The van der Waals surface area contributed by atoms with Crippen molar-refractivity contribution in [3.63, 3.8) is 0 Å². The van der Waals surface area contributed by atoms with Gasteiger partial charge < -0.3 is 15.3 Å². The first-order chi connectivity index (χ1) is 7.63. The third-order valence-corrected chi connectivity index (χ3v) is 3.12. The number of aliphatic hydroxyl groups excluding tert-OH is 1. The number of aliphatic hydroxyl groups is 1. The lowest BCUT2D eigenvalue weighted by Crippen LogP contribution is -2.40. The minimum atomic E-state index is 0.240. The van der Waals surface area contributed by atoms with Gasteiger partial charge in [0.2, 0.25) is 5.91 Å². The Morgan fingerprint density at radius 2 is 2.06 bits per heavy atom. The molecule has 0 spiro atoms. The number of amides is 1. The first-order valence-corrected chi connectivity index (χ1v) is 6.25. The van der Waals surface area contributed by atoms with Gasteiger partial charge in [-0.2, -0.15) is 0 Å². The lowest BCUT2D eigenvalue weighted by Gasteiger charge is -2.31. The molecule has 1 rings (SSSR count). The summed E-state index contributed by atoms with van der Waals surface area (Å²) in [6.45, 7) is 6.80. The van der Waals surface area contributed by atoms with E-state index < -0.39 is 0 Å². The molecule has 0 radical (unpaired) electrons. The van der Waals surface area contributed by atoms with Gasteiger partial charge in [-0.1, -0.05) is 13.8 Å². The van der Waals surface area contributed by atoms with Crippen molar-refractivity contribution >= 4 is 5.91 Å². The van der Waals surface area contributed by atoms with Crippen molar-refractivity contribution in [3.8, 4) is 0 Å². The molecular weight excluding hydrogens is 204 g/mol. The van der Waals surface area contributed by atoms with Gasteiger partial charge in [-0.15, -0.1) is 0 Å². The standard InChI is InChI=1S/C12H24N2O2/c1-10(2)13-6-3-12(16)14-7-4-11(9-15)5-8-14/h10-11,13,15H,3-9H2,1-2H3. The lowest BCUT2D eigenvalue weighted by atomic mass is 9.98. The second kappa shape index (κ2) is 6.86.